The van der Waals surface area contributed by atoms with Crippen molar-refractivity contribution in [1.29, 1.82) is 0 Å². The molecule has 0 atom stereocenters. The number of ether oxygens (including phenoxy) is 2. The molecule has 1 aromatic rings. The molecule has 2 rings (SSSR count). The predicted molar refractivity (Wildman–Crippen MR) is 67.7 cm³/mol. The summed E-state index contributed by atoms with van der Waals surface area (Å²) in [6.07, 6.45) is 0. The molecule has 5 nitrogen and oxygen atoms in total. The summed E-state index contributed by atoms with van der Waals surface area (Å²) in [7, 11) is 0. The summed E-state index contributed by atoms with van der Waals surface area (Å²) in [6.45, 7) is 3.16. The molecule has 1 aromatic carbocycles. The maximum Gasteiger partial charge on any atom is 0.317 e. The first kappa shape index (κ1) is 13.6. The molecule has 1 N–H and O–H groups in total. The van der Waals surface area contributed by atoms with Crippen LogP contribution in [-0.2, 0) is 4.74 Å². The van der Waals surface area contributed by atoms with Gasteiger partial charge in [0.25, 0.3) is 0 Å². The Hall–Kier alpha value is -1.82. The van der Waals surface area contributed by atoms with E-state index in [9.17, 15) is 9.18 Å². The first-order valence-corrected chi connectivity index (χ1v) is 6.24. The highest BCUT2D eigenvalue weighted by Gasteiger charge is 2.15. The summed E-state index contributed by atoms with van der Waals surface area (Å²) >= 11 is 0. The Kier molecular flexibility index (Phi) is 4.97. The molecule has 0 unspecified atom stereocenters. The van der Waals surface area contributed by atoms with Crippen molar-refractivity contribution in [3.8, 4) is 5.75 Å². The van der Waals surface area contributed by atoms with Crippen molar-refractivity contribution in [2.24, 2.45) is 0 Å². The van der Waals surface area contributed by atoms with Crippen LogP contribution < -0.4 is 10.1 Å². The van der Waals surface area contributed by atoms with Gasteiger partial charge in [-0.15, -0.1) is 0 Å². The quantitative estimate of drug-likeness (QED) is 0.836. The Morgan fingerprint density at radius 2 is 2.00 bits per heavy atom. The van der Waals surface area contributed by atoms with Gasteiger partial charge in [0, 0.05) is 13.1 Å². The lowest BCUT2D eigenvalue weighted by Crippen LogP contribution is -2.47. The number of halogens is 1. The Balaban J connectivity index is 1.63. The Morgan fingerprint density at radius 3 is 2.68 bits per heavy atom. The van der Waals surface area contributed by atoms with Gasteiger partial charge in [-0.3, -0.25) is 0 Å². The van der Waals surface area contributed by atoms with Crippen molar-refractivity contribution >= 4 is 6.03 Å². The fraction of sp³-hybridized carbons (Fsp3) is 0.462. The van der Waals surface area contributed by atoms with Crippen molar-refractivity contribution < 1.29 is 18.7 Å². The number of hydrogen-bond donors (Lipinski definition) is 1. The van der Waals surface area contributed by atoms with Gasteiger partial charge in [-0.25, -0.2) is 9.18 Å². The highest BCUT2D eigenvalue weighted by atomic mass is 19.1. The molecule has 0 radical (unpaired) electrons. The van der Waals surface area contributed by atoms with Gasteiger partial charge in [0.15, 0.2) is 0 Å². The van der Waals surface area contributed by atoms with Gasteiger partial charge in [0.1, 0.15) is 18.2 Å². The van der Waals surface area contributed by atoms with E-state index in [0.29, 0.717) is 45.2 Å². The Bertz CT molecular complexity index is 405. The number of nitrogens with zero attached hydrogens (tertiary/aromatic N) is 1. The van der Waals surface area contributed by atoms with E-state index >= 15 is 0 Å². The van der Waals surface area contributed by atoms with Gasteiger partial charge < -0.3 is 19.7 Å². The Labute approximate surface area is 111 Å². The third kappa shape index (κ3) is 4.40. The zero-order chi connectivity index (χ0) is 13.5. The second kappa shape index (κ2) is 6.94. The molecule has 1 aliphatic rings. The van der Waals surface area contributed by atoms with Crippen LogP contribution in [0.2, 0.25) is 0 Å². The summed E-state index contributed by atoms with van der Waals surface area (Å²) in [4.78, 5) is 13.4. The average molecular weight is 268 g/mol. The molecular formula is C13H17FN2O3. The second-order valence-electron chi connectivity index (χ2n) is 4.13. The number of benzene rings is 1. The Morgan fingerprint density at radius 1 is 1.32 bits per heavy atom. The number of hydrogen-bond acceptors (Lipinski definition) is 3. The van der Waals surface area contributed by atoms with Crippen LogP contribution in [0.15, 0.2) is 24.3 Å². The minimum Gasteiger partial charge on any atom is -0.492 e. The molecule has 1 aliphatic heterocycles. The normalized spacial score (nSPS) is 15.1. The standard InChI is InChI=1S/C13H17FN2O3/c14-11-1-3-12(4-2-11)19-8-5-15-13(17)16-6-9-18-10-7-16/h1-4H,5-10H2,(H,15,17). The molecule has 1 saturated heterocycles. The summed E-state index contributed by atoms with van der Waals surface area (Å²) in [5, 5.41) is 2.77. The second-order valence-corrected chi connectivity index (χ2v) is 4.13. The van der Waals surface area contributed by atoms with Crippen LogP contribution in [0.25, 0.3) is 0 Å². The summed E-state index contributed by atoms with van der Waals surface area (Å²) in [6, 6.07) is 5.67. The van der Waals surface area contributed by atoms with Crippen LogP contribution in [0, 0.1) is 5.82 Å². The molecule has 1 fully saturated rings. The number of carbonyl (C=O) groups excluding carboxylic acids is 1. The van der Waals surface area contributed by atoms with Gasteiger partial charge in [0.05, 0.1) is 19.8 Å². The molecule has 104 valence electrons. The van der Waals surface area contributed by atoms with Crippen molar-refractivity contribution in [3.05, 3.63) is 30.1 Å². The lowest BCUT2D eigenvalue weighted by Gasteiger charge is -2.26. The molecular weight excluding hydrogens is 251 g/mol. The molecule has 1 heterocycles. The third-order valence-corrected chi connectivity index (χ3v) is 2.76. The van der Waals surface area contributed by atoms with E-state index in [4.69, 9.17) is 9.47 Å². The molecule has 19 heavy (non-hydrogen) atoms. The van der Waals surface area contributed by atoms with Crippen LogP contribution in [0.1, 0.15) is 0 Å². The van der Waals surface area contributed by atoms with E-state index in [1.165, 1.54) is 12.1 Å². The van der Waals surface area contributed by atoms with E-state index in [1.807, 2.05) is 0 Å². The van der Waals surface area contributed by atoms with E-state index in [2.05, 4.69) is 5.32 Å². The lowest BCUT2D eigenvalue weighted by molar-refractivity contribution is 0.0530. The topological polar surface area (TPSA) is 50.8 Å². The molecule has 0 aliphatic carbocycles. The predicted octanol–water partition coefficient (Wildman–Crippen LogP) is 1.25. The summed E-state index contributed by atoms with van der Waals surface area (Å²) in [5.74, 6) is 0.287. The fourth-order valence-electron chi connectivity index (χ4n) is 1.74. The first-order chi connectivity index (χ1) is 9.25. The number of amides is 2. The summed E-state index contributed by atoms with van der Waals surface area (Å²) in [5.41, 5.74) is 0. The van der Waals surface area contributed by atoms with Crippen molar-refractivity contribution in [1.82, 2.24) is 10.2 Å². The smallest absolute Gasteiger partial charge is 0.317 e. The highest BCUT2D eigenvalue weighted by Crippen LogP contribution is 2.10. The first-order valence-electron chi connectivity index (χ1n) is 6.24. The highest BCUT2D eigenvalue weighted by molar-refractivity contribution is 5.74. The van der Waals surface area contributed by atoms with Crippen LogP contribution in [0.3, 0.4) is 0 Å². The molecule has 0 saturated carbocycles. The van der Waals surface area contributed by atoms with Gasteiger partial charge in [0.2, 0.25) is 0 Å². The van der Waals surface area contributed by atoms with Crippen LogP contribution in [0.4, 0.5) is 9.18 Å². The van der Waals surface area contributed by atoms with Gasteiger partial charge >= 0.3 is 6.03 Å². The van der Waals surface area contributed by atoms with Crippen LogP contribution in [-0.4, -0.2) is 50.4 Å². The zero-order valence-electron chi connectivity index (χ0n) is 10.6. The number of nitrogens with one attached hydrogen (secondary N) is 1. The maximum atomic E-state index is 12.7. The van der Waals surface area contributed by atoms with E-state index in [0.717, 1.165) is 0 Å². The fourth-order valence-corrected chi connectivity index (χ4v) is 1.74. The van der Waals surface area contributed by atoms with Crippen LogP contribution in [0.5, 0.6) is 5.75 Å². The molecule has 0 aromatic heterocycles. The molecule has 2 amide bonds. The minimum atomic E-state index is -0.298. The average Bonchev–Trinajstić information content (AvgIpc) is 2.46. The molecule has 0 spiro atoms. The van der Waals surface area contributed by atoms with Crippen molar-refractivity contribution in [2.75, 3.05) is 39.5 Å². The molecule has 0 bridgehead atoms. The zero-order valence-corrected chi connectivity index (χ0v) is 10.6. The van der Waals surface area contributed by atoms with Gasteiger partial charge in [-0.05, 0) is 24.3 Å². The van der Waals surface area contributed by atoms with Gasteiger partial charge in [-0.1, -0.05) is 0 Å². The van der Waals surface area contributed by atoms with E-state index in [1.54, 1.807) is 17.0 Å². The van der Waals surface area contributed by atoms with Crippen LogP contribution >= 0.6 is 0 Å². The number of urea groups is 1. The number of morpholine rings is 1. The monoisotopic (exact) mass is 268 g/mol. The lowest BCUT2D eigenvalue weighted by atomic mass is 10.3. The third-order valence-electron chi connectivity index (χ3n) is 2.76. The van der Waals surface area contributed by atoms with E-state index < -0.39 is 0 Å². The van der Waals surface area contributed by atoms with Crippen molar-refractivity contribution in [3.63, 3.8) is 0 Å². The minimum absolute atomic E-state index is 0.106. The van der Waals surface area contributed by atoms with Gasteiger partial charge in [-0.2, -0.15) is 0 Å². The molecule has 6 heteroatoms. The number of carbonyl (C=O) groups is 1. The van der Waals surface area contributed by atoms with Crippen molar-refractivity contribution in [2.45, 2.75) is 0 Å². The SMILES string of the molecule is O=C(NCCOc1ccc(F)cc1)N1CCOCC1. The number of rotatable bonds is 4. The summed E-state index contributed by atoms with van der Waals surface area (Å²) < 4.78 is 23.2. The van der Waals surface area contributed by atoms with E-state index in [-0.39, 0.29) is 11.8 Å². The maximum absolute atomic E-state index is 12.7. The largest absolute Gasteiger partial charge is 0.492 e.